The van der Waals surface area contributed by atoms with Gasteiger partial charge in [-0.3, -0.25) is 0 Å². The van der Waals surface area contributed by atoms with Gasteiger partial charge in [-0.05, 0) is 57.3 Å². The maximum atomic E-state index is 6.10. The second-order valence-electron chi connectivity index (χ2n) is 5.73. The van der Waals surface area contributed by atoms with Gasteiger partial charge in [0.25, 0.3) is 0 Å². The molecule has 1 nitrogen and oxygen atoms in total. The van der Waals surface area contributed by atoms with Crippen LogP contribution in [-0.4, -0.2) is 15.6 Å². The third-order valence-corrected chi connectivity index (χ3v) is 5.65. The highest BCUT2D eigenvalue weighted by atomic mass is 127. The first-order chi connectivity index (χ1) is 6.63. The second kappa shape index (κ2) is 3.09. The fraction of sp³-hybridized carbons (Fsp3) is 1.00. The van der Waals surface area contributed by atoms with Crippen molar-refractivity contribution in [1.29, 1.82) is 0 Å². The predicted molar refractivity (Wildman–Crippen MR) is 65.8 cm³/mol. The van der Waals surface area contributed by atoms with Crippen molar-refractivity contribution in [3.8, 4) is 0 Å². The van der Waals surface area contributed by atoms with Crippen molar-refractivity contribution < 1.29 is 4.74 Å². The molecule has 4 saturated carbocycles. The Morgan fingerprint density at radius 2 is 1.86 bits per heavy atom. The van der Waals surface area contributed by atoms with Crippen molar-refractivity contribution in [2.24, 2.45) is 11.8 Å². The van der Waals surface area contributed by atoms with Gasteiger partial charge < -0.3 is 4.74 Å². The summed E-state index contributed by atoms with van der Waals surface area (Å²) in [5.41, 5.74) is 0.306. The summed E-state index contributed by atoms with van der Waals surface area (Å²) in [6, 6.07) is 0. The largest absolute Gasteiger partial charge is 0.375 e. The number of hydrogen-bond donors (Lipinski definition) is 0. The Labute approximate surface area is 100 Å². The molecule has 80 valence electrons. The molecule has 14 heavy (non-hydrogen) atoms. The van der Waals surface area contributed by atoms with E-state index in [-0.39, 0.29) is 0 Å². The molecular weight excluding hydrogens is 287 g/mol. The van der Waals surface area contributed by atoms with E-state index >= 15 is 0 Å². The van der Waals surface area contributed by atoms with Crippen LogP contribution in [0.4, 0.5) is 0 Å². The highest BCUT2D eigenvalue weighted by Gasteiger charge is 2.57. The first kappa shape index (κ1) is 9.88. The molecule has 0 aliphatic heterocycles. The van der Waals surface area contributed by atoms with Crippen LogP contribution in [0.15, 0.2) is 0 Å². The van der Waals surface area contributed by atoms with E-state index in [9.17, 15) is 0 Å². The van der Waals surface area contributed by atoms with Crippen molar-refractivity contribution >= 4 is 22.6 Å². The molecule has 4 bridgehead atoms. The van der Waals surface area contributed by atoms with E-state index in [0.717, 1.165) is 18.4 Å². The molecule has 0 radical (unpaired) electrons. The van der Waals surface area contributed by atoms with E-state index in [2.05, 4.69) is 29.5 Å². The van der Waals surface area contributed by atoms with Crippen molar-refractivity contribution in [3.05, 3.63) is 0 Å². The predicted octanol–water partition coefficient (Wildman–Crippen LogP) is 3.55. The number of alkyl halides is 1. The van der Waals surface area contributed by atoms with Crippen LogP contribution in [0.5, 0.6) is 0 Å². The maximum absolute atomic E-state index is 6.10. The Kier molecular flexibility index (Phi) is 2.18. The van der Waals surface area contributed by atoms with E-state index in [4.69, 9.17) is 4.74 Å². The van der Waals surface area contributed by atoms with Gasteiger partial charge in [-0.1, -0.05) is 22.6 Å². The lowest BCUT2D eigenvalue weighted by Gasteiger charge is -2.59. The minimum absolute atomic E-state index is 0.306. The van der Waals surface area contributed by atoms with Crippen molar-refractivity contribution in [1.82, 2.24) is 0 Å². The summed E-state index contributed by atoms with van der Waals surface area (Å²) >= 11 is 2.74. The average molecular weight is 306 g/mol. The van der Waals surface area contributed by atoms with Gasteiger partial charge in [-0.15, -0.1) is 0 Å². The molecule has 0 aromatic carbocycles. The zero-order chi connectivity index (χ0) is 9.81. The van der Waals surface area contributed by atoms with E-state index in [0.29, 0.717) is 9.02 Å². The molecule has 0 spiro atoms. The first-order valence-corrected chi connectivity index (χ1v) is 7.04. The Hall–Kier alpha value is 0.690. The normalized spacial score (nSPS) is 55.3. The number of halogens is 1. The van der Waals surface area contributed by atoms with Gasteiger partial charge in [0.15, 0.2) is 0 Å². The topological polar surface area (TPSA) is 9.23 Å². The minimum Gasteiger partial charge on any atom is -0.375 e. The van der Waals surface area contributed by atoms with E-state index in [1.54, 1.807) is 0 Å². The van der Waals surface area contributed by atoms with Crippen LogP contribution in [-0.2, 0) is 4.74 Å². The number of rotatable bonds is 2. The van der Waals surface area contributed by atoms with E-state index in [1.807, 2.05) is 0 Å². The van der Waals surface area contributed by atoms with Crippen LogP contribution in [0.1, 0.15) is 45.4 Å². The Bertz CT molecular complexity index is 237. The molecule has 0 amide bonds. The SMILES string of the molecule is CCOC12CC3CC(CC(I)(C3)C1)C2. The Morgan fingerprint density at radius 1 is 1.21 bits per heavy atom. The third kappa shape index (κ3) is 1.44. The molecule has 0 aromatic rings. The summed E-state index contributed by atoms with van der Waals surface area (Å²) in [4.78, 5) is 0. The molecule has 2 atom stereocenters. The van der Waals surface area contributed by atoms with Gasteiger partial charge in [0.1, 0.15) is 0 Å². The van der Waals surface area contributed by atoms with E-state index < -0.39 is 0 Å². The van der Waals surface area contributed by atoms with Gasteiger partial charge in [0.05, 0.1) is 5.60 Å². The molecule has 2 heteroatoms. The molecule has 2 unspecified atom stereocenters. The van der Waals surface area contributed by atoms with Gasteiger partial charge in [0, 0.05) is 10.0 Å². The standard InChI is InChI=1S/C12H19IO/c1-2-14-12-6-9-3-10(7-12)5-11(13,4-9)8-12/h9-10H,2-8H2,1H3. The molecule has 0 N–H and O–H groups in total. The fourth-order valence-corrected chi connectivity index (χ4v) is 6.48. The van der Waals surface area contributed by atoms with Gasteiger partial charge >= 0.3 is 0 Å². The number of hydrogen-bond acceptors (Lipinski definition) is 1. The number of ether oxygens (including phenoxy) is 1. The molecule has 0 heterocycles. The van der Waals surface area contributed by atoms with Gasteiger partial charge in [-0.25, -0.2) is 0 Å². The van der Waals surface area contributed by atoms with E-state index in [1.165, 1.54) is 38.5 Å². The van der Waals surface area contributed by atoms with Gasteiger partial charge in [-0.2, -0.15) is 0 Å². The van der Waals surface area contributed by atoms with Crippen LogP contribution in [0.2, 0.25) is 0 Å². The molecule has 0 aromatic heterocycles. The highest BCUT2D eigenvalue weighted by molar-refractivity contribution is 14.1. The lowest BCUT2D eigenvalue weighted by Crippen LogP contribution is -2.57. The minimum atomic E-state index is 0.306. The second-order valence-corrected chi connectivity index (χ2v) is 8.02. The van der Waals surface area contributed by atoms with Crippen LogP contribution in [0.3, 0.4) is 0 Å². The lowest BCUT2D eigenvalue weighted by molar-refractivity contribution is -0.148. The van der Waals surface area contributed by atoms with Crippen LogP contribution in [0, 0.1) is 11.8 Å². The molecular formula is C12H19IO. The quantitative estimate of drug-likeness (QED) is 0.560. The van der Waals surface area contributed by atoms with Gasteiger partial charge in [0.2, 0.25) is 0 Å². The summed E-state index contributed by atoms with van der Waals surface area (Å²) in [7, 11) is 0. The molecule has 4 aliphatic rings. The average Bonchev–Trinajstić information content (AvgIpc) is 1.97. The fourth-order valence-electron chi connectivity index (χ4n) is 4.54. The summed E-state index contributed by atoms with van der Waals surface area (Å²) in [6.07, 6.45) is 8.50. The summed E-state index contributed by atoms with van der Waals surface area (Å²) in [5, 5.41) is 0. The van der Waals surface area contributed by atoms with Crippen LogP contribution in [0.25, 0.3) is 0 Å². The smallest absolute Gasteiger partial charge is 0.0700 e. The summed E-state index contributed by atoms with van der Waals surface area (Å²) in [5.74, 6) is 1.97. The molecule has 4 fully saturated rings. The van der Waals surface area contributed by atoms with Crippen molar-refractivity contribution in [3.63, 3.8) is 0 Å². The Morgan fingerprint density at radius 3 is 2.36 bits per heavy atom. The van der Waals surface area contributed by atoms with Crippen LogP contribution >= 0.6 is 22.6 Å². The van der Waals surface area contributed by atoms with Crippen LogP contribution < -0.4 is 0 Å². The highest BCUT2D eigenvalue weighted by Crippen LogP contribution is 2.61. The third-order valence-electron chi connectivity index (χ3n) is 4.39. The van der Waals surface area contributed by atoms with Crippen molar-refractivity contribution in [2.75, 3.05) is 6.61 Å². The monoisotopic (exact) mass is 306 g/mol. The first-order valence-electron chi connectivity index (χ1n) is 5.96. The van der Waals surface area contributed by atoms with Crippen molar-refractivity contribution in [2.45, 2.75) is 54.5 Å². The Balaban J connectivity index is 1.89. The molecule has 4 aliphatic carbocycles. The zero-order valence-corrected chi connectivity index (χ0v) is 11.0. The summed E-state index contributed by atoms with van der Waals surface area (Å²) < 4.78 is 6.71. The zero-order valence-electron chi connectivity index (χ0n) is 8.89. The molecule has 4 rings (SSSR count). The lowest BCUT2D eigenvalue weighted by atomic mass is 9.54. The maximum Gasteiger partial charge on any atom is 0.0700 e. The summed E-state index contributed by atoms with van der Waals surface area (Å²) in [6.45, 7) is 3.06. The molecule has 0 saturated heterocycles.